The first-order chi connectivity index (χ1) is 12.5. The number of fused-ring (bicyclic) bond motifs is 1. The first-order valence-corrected chi connectivity index (χ1v) is 9.50. The van der Waals surface area contributed by atoms with Gasteiger partial charge in [-0.15, -0.1) is 0 Å². The van der Waals surface area contributed by atoms with Crippen molar-refractivity contribution in [3.8, 4) is 0 Å². The van der Waals surface area contributed by atoms with E-state index in [2.05, 4.69) is 13.8 Å². The monoisotopic (exact) mass is 388 g/mol. The van der Waals surface area contributed by atoms with Crippen molar-refractivity contribution in [2.45, 2.75) is 94.7 Å². The minimum Gasteiger partial charge on any atom is -0.394 e. The largest absolute Gasteiger partial charge is 0.394 e. The Bertz CT molecular complexity index is 576. The van der Waals surface area contributed by atoms with E-state index in [0.717, 1.165) is 0 Å². The zero-order valence-corrected chi connectivity index (χ0v) is 16.3. The van der Waals surface area contributed by atoms with Gasteiger partial charge >= 0.3 is 0 Å². The third-order valence-electron chi connectivity index (χ3n) is 6.28. The lowest BCUT2D eigenvalue weighted by molar-refractivity contribution is -0.315. The van der Waals surface area contributed by atoms with Crippen molar-refractivity contribution in [1.82, 2.24) is 0 Å². The van der Waals surface area contributed by atoms with Gasteiger partial charge in [0.25, 0.3) is 0 Å². The van der Waals surface area contributed by atoms with Gasteiger partial charge < -0.3 is 39.7 Å². The summed E-state index contributed by atoms with van der Waals surface area (Å²) in [4.78, 5) is 0. The Balaban J connectivity index is 1.72. The Morgan fingerprint density at radius 2 is 1.78 bits per heavy atom. The molecule has 5 N–H and O–H groups in total. The van der Waals surface area contributed by atoms with Gasteiger partial charge in [-0.25, -0.2) is 0 Å². The van der Waals surface area contributed by atoms with Gasteiger partial charge in [-0.1, -0.05) is 26.0 Å². The molecule has 0 aromatic rings. The average Bonchev–Trinajstić information content (AvgIpc) is 3.20. The summed E-state index contributed by atoms with van der Waals surface area (Å²) in [7, 11) is 0. The Kier molecular flexibility index (Phi) is 5.51. The maximum absolute atomic E-state index is 10.2. The van der Waals surface area contributed by atoms with Crippen LogP contribution in [0.5, 0.6) is 0 Å². The molecule has 2 heterocycles. The van der Waals surface area contributed by atoms with E-state index in [1.54, 1.807) is 13.0 Å². The van der Waals surface area contributed by atoms with Crippen LogP contribution in [-0.4, -0.2) is 86.3 Å². The average molecular weight is 388 g/mol. The van der Waals surface area contributed by atoms with E-state index in [9.17, 15) is 25.5 Å². The highest BCUT2D eigenvalue weighted by molar-refractivity contribution is 5.32. The lowest BCUT2D eigenvalue weighted by atomic mass is 9.63. The molecule has 0 radical (unpaired) electrons. The van der Waals surface area contributed by atoms with Gasteiger partial charge in [-0.3, -0.25) is 0 Å². The molecule has 0 unspecified atom stereocenters. The maximum Gasteiger partial charge on any atom is 0.186 e. The zero-order valence-electron chi connectivity index (χ0n) is 16.3. The molecule has 0 bridgehead atoms. The maximum atomic E-state index is 10.2. The van der Waals surface area contributed by atoms with Crippen LogP contribution in [0.15, 0.2) is 12.2 Å². The summed E-state index contributed by atoms with van der Waals surface area (Å²) in [6.45, 7) is 7.31. The molecule has 156 valence electrons. The summed E-state index contributed by atoms with van der Waals surface area (Å²) in [6.07, 6.45) is -2.47. The van der Waals surface area contributed by atoms with Crippen LogP contribution in [0, 0.1) is 5.41 Å². The first kappa shape index (κ1) is 21.1. The smallest absolute Gasteiger partial charge is 0.186 e. The van der Waals surface area contributed by atoms with E-state index < -0.39 is 54.6 Å². The molecule has 27 heavy (non-hydrogen) atoms. The van der Waals surface area contributed by atoms with E-state index in [1.165, 1.54) is 0 Å². The van der Waals surface area contributed by atoms with Crippen molar-refractivity contribution in [2.24, 2.45) is 5.41 Å². The molecule has 0 spiro atoms. The second-order valence-electron chi connectivity index (χ2n) is 8.92. The van der Waals surface area contributed by atoms with Crippen LogP contribution in [0.3, 0.4) is 0 Å². The fourth-order valence-electron chi connectivity index (χ4n) is 4.78. The van der Waals surface area contributed by atoms with Crippen LogP contribution >= 0.6 is 0 Å². The lowest BCUT2D eigenvalue weighted by Crippen LogP contribution is -2.60. The van der Waals surface area contributed by atoms with E-state index in [4.69, 9.17) is 14.2 Å². The van der Waals surface area contributed by atoms with Crippen molar-refractivity contribution in [3.05, 3.63) is 12.2 Å². The van der Waals surface area contributed by atoms with Crippen LogP contribution in [0.2, 0.25) is 0 Å². The van der Waals surface area contributed by atoms with Crippen molar-refractivity contribution in [1.29, 1.82) is 0 Å². The summed E-state index contributed by atoms with van der Waals surface area (Å²) >= 11 is 0. The first-order valence-electron chi connectivity index (χ1n) is 9.50. The minimum absolute atomic E-state index is 0.301. The molecule has 2 saturated heterocycles. The molecule has 1 aliphatic carbocycles. The molecule has 8 heteroatoms. The summed E-state index contributed by atoms with van der Waals surface area (Å²) in [5.74, 6) is 0. The molecule has 2 aliphatic heterocycles. The highest BCUT2D eigenvalue weighted by atomic mass is 16.7. The van der Waals surface area contributed by atoms with Crippen LogP contribution in [0.25, 0.3) is 0 Å². The molecule has 3 aliphatic rings. The van der Waals surface area contributed by atoms with Crippen molar-refractivity contribution >= 4 is 0 Å². The lowest BCUT2D eigenvalue weighted by Gasteiger charge is -2.44. The second-order valence-corrected chi connectivity index (χ2v) is 8.92. The van der Waals surface area contributed by atoms with E-state index >= 15 is 0 Å². The Morgan fingerprint density at radius 3 is 2.33 bits per heavy atom. The van der Waals surface area contributed by atoms with Gasteiger partial charge in [0.2, 0.25) is 0 Å². The third kappa shape index (κ3) is 3.47. The van der Waals surface area contributed by atoms with Gasteiger partial charge in [-0.05, 0) is 20.3 Å². The van der Waals surface area contributed by atoms with Gasteiger partial charge in [0.1, 0.15) is 35.6 Å². The van der Waals surface area contributed by atoms with E-state index in [-0.39, 0.29) is 11.5 Å². The summed E-state index contributed by atoms with van der Waals surface area (Å²) < 4.78 is 17.6. The van der Waals surface area contributed by atoms with E-state index in [1.807, 2.05) is 13.0 Å². The number of hydrogen-bond donors (Lipinski definition) is 5. The van der Waals surface area contributed by atoms with Crippen molar-refractivity contribution < 1.29 is 39.7 Å². The summed E-state index contributed by atoms with van der Waals surface area (Å²) in [5.41, 5.74) is -1.27. The number of aliphatic hydroxyl groups is 5. The van der Waals surface area contributed by atoms with Gasteiger partial charge in [0, 0.05) is 11.8 Å². The topological polar surface area (TPSA) is 132 Å². The fourth-order valence-corrected chi connectivity index (χ4v) is 4.78. The number of aliphatic hydroxyl groups excluding tert-OH is 5. The highest BCUT2D eigenvalue weighted by Crippen LogP contribution is 2.66. The molecular formula is C19H32O8. The number of ether oxygens (including phenoxy) is 3. The van der Waals surface area contributed by atoms with Crippen LogP contribution in [-0.2, 0) is 14.2 Å². The predicted octanol–water partition coefficient (Wildman–Crippen LogP) is -0.544. The Morgan fingerprint density at radius 1 is 1.11 bits per heavy atom. The number of hydrogen-bond acceptors (Lipinski definition) is 8. The highest BCUT2D eigenvalue weighted by Gasteiger charge is 2.75. The van der Waals surface area contributed by atoms with Crippen LogP contribution < -0.4 is 0 Å². The fraction of sp³-hybridized carbons (Fsp3) is 0.895. The minimum atomic E-state index is -1.46. The molecule has 8 nitrogen and oxygen atoms in total. The molecule has 3 rings (SSSR count). The molecule has 0 aromatic carbocycles. The summed E-state index contributed by atoms with van der Waals surface area (Å²) in [6, 6.07) is 0. The standard InChI is InChI=1S/C19H32O8/c1-10(21)5-6-19-17(2,3)7-11(8-18(19,4)27-19)25-16-15(24)14(23)13(22)12(9-20)26-16/h5-6,10-16,20-24H,7-9H2,1-4H3/b6-5+/t10-,11-,12+,13+,14-,15+,16+,18+,19-/m0/s1. The molecule has 9 atom stereocenters. The third-order valence-corrected chi connectivity index (χ3v) is 6.28. The zero-order chi connectivity index (χ0) is 20.2. The van der Waals surface area contributed by atoms with Crippen LogP contribution in [0.4, 0.5) is 0 Å². The van der Waals surface area contributed by atoms with Gasteiger partial charge in [0.15, 0.2) is 6.29 Å². The Hall–Kier alpha value is -0.580. The predicted molar refractivity (Wildman–Crippen MR) is 94.7 cm³/mol. The summed E-state index contributed by atoms with van der Waals surface area (Å²) in [5, 5.41) is 49.0. The molecule has 0 aromatic heterocycles. The van der Waals surface area contributed by atoms with Gasteiger partial charge in [-0.2, -0.15) is 0 Å². The number of rotatable bonds is 5. The quantitative estimate of drug-likeness (QED) is 0.313. The normalized spacial score (nSPS) is 50.4. The Labute approximate surface area is 159 Å². The van der Waals surface area contributed by atoms with Crippen molar-refractivity contribution in [3.63, 3.8) is 0 Å². The molecule has 3 fully saturated rings. The van der Waals surface area contributed by atoms with E-state index in [0.29, 0.717) is 12.8 Å². The van der Waals surface area contributed by atoms with Gasteiger partial charge in [0.05, 0.1) is 18.8 Å². The SMILES string of the molecule is C[C@H](O)/C=C/[C@@]12O[C@]1(C)C[C@@H](O[C@@H]1O[C@H](CO)[C@@H](O)[C@H](O)[C@H]1O)CC2(C)C. The molecule has 1 saturated carbocycles. The molecular weight excluding hydrogens is 356 g/mol. The number of epoxide rings is 1. The molecule has 0 amide bonds. The second kappa shape index (κ2) is 7.03. The van der Waals surface area contributed by atoms with Crippen molar-refractivity contribution in [2.75, 3.05) is 6.61 Å². The van der Waals surface area contributed by atoms with Crippen LogP contribution in [0.1, 0.15) is 40.5 Å².